The molecule has 6 nitrogen and oxygen atoms in total. The van der Waals surface area contributed by atoms with Crippen LogP contribution in [0.5, 0.6) is 0 Å². The van der Waals surface area contributed by atoms with E-state index in [1.165, 1.54) is 11.8 Å². The van der Waals surface area contributed by atoms with Crippen LogP contribution in [-0.2, 0) is 29.0 Å². The molecule has 2 aromatic rings. The Balaban J connectivity index is 1.70. The van der Waals surface area contributed by atoms with Crippen LogP contribution in [0.1, 0.15) is 41.6 Å². The van der Waals surface area contributed by atoms with Crippen molar-refractivity contribution in [2.24, 2.45) is 5.73 Å². The maximum atomic E-state index is 12.9. The lowest BCUT2D eigenvalue weighted by Gasteiger charge is -2.22. The van der Waals surface area contributed by atoms with Gasteiger partial charge in [-0.3, -0.25) is 9.59 Å². The quantitative estimate of drug-likeness (QED) is 0.677. The number of pyridine rings is 1. The summed E-state index contributed by atoms with van der Waals surface area (Å²) in [5, 5.41) is 10.1. The van der Waals surface area contributed by atoms with Crippen molar-refractivity contribution in [2.45, 2.75) is 43.7 Å². The summed E-state index contributed by atoms with van der Waals surface area (Å²) in [7, 11) is 0. The number of rotatable bonds is 8. The molecule has 0 fully saturated rings. The number of nitrogens with two attached hydrogens (primary N) is 1. The molecule has 3 rings (SSSR count). The predicted octanol–water partition coefficient (Wildman–Crippen LogP) is 2.83. The van der Waals surface area contributed by atoms with Crippen LogP contribution in [0.15, 0.2) is 41.4 Å². The average Bonchev–Trinajstić information content (AvgIpc) is 2.74. The smallest absolute Gasteiger partial charge is 0.233 e. The Morgan fingerprint density at radius 1 is 1.21 bits per heavy atom. The van der Waals surface area contributed by atoms with Crippen molar-refractivity contribution in [1.29, 1.82) is 5.26 Å². The molecule has 1 heterocycles. The number of thioether (sulfide) groups is 1. The first-order valence-corrected chi connectivity index (χ1v) is 10.7. The first-order valence-electron chi connectivity index (χ1n) is 9.72. The SMILES string of the molecule is N#Cc1cc2c(nc1SCC(=O)N(CCC(N)=O)Cc1ccccc1)CCCC2. The second-order valence-corrected chi connectivity index (χ2v) is 8.04. The van der Waals surface area contributed by atoms with E-state index >= 15 is 0 Å². The Morgan fingerprint density at radius 2 is 1.97 bits per heavy atom. The van der Waals surface area contributed by atoms with Crippen LogP contribution < -0.4 is 5.73 Å². The third kappa shape index (κ3) is 5.81. The van der Waals surface area contributed by atoms with E-state index in [0.717, 1.165) is 42.5 Å². The zero-order valence-electron chi connectivity index (χ0n) is 16.3. The van der Waals surface area contributed by atoms with Crippen LogP contribution in [-0.4, -0.2) is 34.0 Å². The van der Waals surface area contributed by atoms with Gasteiger partial charge in [-0.1, -0.05) is 42.1 Å². The zero-order valence-corrected chi connectivity index (χ0v) is 17.1. The second-order valence-electron chi connectivity index (χ2n) is 7.07. The van der Waals surface area contributed by atoms with Crippen molar-refractivity contribution in [2.75, 3.05) is 12.3 Å². The van der Waals surface area contributed by atoms with Gasteiger partial charge in [0, 0.05) is 25.2 Å². The number of aryl methyl sites for hydroxylation is 2. The molecule has 0 saturated carbocycles. The number of nitrogens with zero attached hydrogens (tertiary/aromatic N) is 3. The maximum Gasteiger partial charge on any atom is 0.233 e. The summed E-state index contributed by atoms with van der Waals surface area (Å²) >= 11 is 1.28. The lowest BCUT2D eigenvalue weighted by Crippen LogP contribution is -2.34. The third-order valence-electron chi connectivity index (χ3n) is 4.92. The number of aromatic nitrogens is 1. The van der Waals surface area contributed by atoms with E-state index in [-0.39, 0.29) is 24.6 Å². The van der Waals surface area contributed by atoms with Crippen molar-refractivity contribution in [3.8, 4) is 6.07 Å². The summed E-state index contributed by atoms with van der Waals surface area (Å²) in [6.07, 6.45) is 4.22. The average molecular weight is 409 g/mol. The standard InChI is InChI=1S/C22H24N4O2S/c23-13-18-12-17-8-4-5-9-19(17)25-22(18)29-15-21(28)26(11-10-20(24)27)14-16-6-2-1-3-7-16/h1-3,6-7,12H,4-5,8-11,14-15H2,(H2,24,27). The molecule has 0 spiro atoms. The van der Waals surface area contributed by atoms with Gasteiger partial charge in [-0.05, 0) is 42.9 Å². The molecule has 0 aliphatic heterocycles. The van der Waals surface area contributed by atoms with Crippen LogP contribution in [0.25, 0.3) is 0 Å². The summed E-state index contributed by atoms with van der Waals surface area (Å²) in [6, 6.07) is 13.8. The number of fused-ring (bicyclic) bond motifs is 1. The minimum Gasteiger partial charge on any atom is -0.370 e. The number of hydrogen-bond donors (Lipinski definition) is 1. The molecule has 0 radical (unpaired) electrons. The Hall–Kier alpha value is -2.85. The van der Waals surface area contributed by atoms with Gasteiger partial charge in [0.2, 0.25) is 11.8 Å². The van der Waals surface area contributed by atoms with Gasteiger partial charge in [-0.2, -0.15) is 5.26 Å². The molecule has 0 saturated heterocycles. The summed E-state index contributed by atoms with van der Waals surface area (Å²) in [5.74, 6) is -0.387. The molecule has 0 atom stereocenters. The fourth-order valence-corrected chi connectivity index (χ4v) is 4.24. The lowest BCUT2D eigenvalue weighted by atomic mass is 9.95. The molecule has 1 aliphatic rings. The Labute approximate surface area is 175 Å². The first-order chi connectivity index (χ1) is 14.1. The van der Waals surface area contributed by atoms with E-state index in [4.69, 9.17) is 5.73 Å². The van der Waals surface area contributed by atoms with E-state index in [9.17, 15) is 14.9 Å². The van der Waals surface area contributed by atoms with E-state index < -0.39 is 5.91 Å². The van der Waals surface area contributed by atoms with E-state index in [1.807, 2.05) is 36.4 Å². The van der Waals surface area contributed by atoms with E-state index in [2.05, 4.69) is 11.1 Å². The van der Waals surface area contributed by atoms with E-state index in [0.29, 0.717) is 17.1 Å². The summed E-state index contributed by atoms with van der Waals surface area (Å²) in [4.78, 5) is 30.4. The molecule has 0 bridgehead atoms. The molecule has 2 amide bonds. The van der Waals surface area contributed by atoms with Crippen LogP contribution in [0, 0.1) is 11.3 Å². The van der Waals surface area contributed by atoms with Gasteiger partial charge in [-0.25, -0.2) is 4.98 Å². The lowest BCUT2D eigenvalue weighted by molar-refractivity contribution is -0.129. The Bertz CT molecular complexity index is 924. The van der Waals surface area contributed by atoms with Gasteiger partial charge in [0.1, 0.15) is 11.1 Å². The van der Waals surface area contributed by atoms with Gasteiger partial charge < -0.3 is 10.6 Å². The first kappa shape index (κ1) is 20.9. The van der Waals surface area contributed by atoms with Crippen molar-refractivity contribution < 1.29 is 9.59 Å². The van der Waals surface area contributed by atoms with Crippen molar-refractivity contribution in [3.05, 3.63) is 58.8 Å². The summed E-state index contributed by atoms with van der Waals surface area (Å²) in [6.45, 7) is 0.683. The monoisotopic (exact) mass is 408 g/mol. The van der Waals surface area contributed by atoms with Crippen molar-refractivity contribution >= 4 is 23.6 Å². The molecule has 0 unspecified atom stereocenters. The van der Waals surface area contributed by atoms with Gasteiger partial charge in [0.15, 0.2) is 0 Å². The van der Waals surface area contributed by atoms with Crippen molar-refractivity contribution in [1.82, 2.24) is 9.88 Å². The zero-order chi connectivity index (χ0) is 20.6. The number of nitriles is 1. The number of amides is 2. The topological polar surface area (TPSA) is 100 Å². The fraction of sp³-hybridized carbons (Fsp3) is 0.364. The number of benzene rings is 1. The molecular weight excluding hydrogens is 384 g/mol. The Kier molecular flexibility index (Phi) is 7.25. The Morgan fingerprint density at radius 3 is 2.69 bits per heavy atom. The minimum atomic E-state index is -0.438. The van der Waals surface area contributed by atoms with Crippen LogP contribution in [0.4, 0.5) is 0 Å². The summed E-state index contributed by atoms with van der Waals surface area (Å²) in [5.41, 5.74) is 8.97. The molecule has 1 aromatic carbocycles. The molecule has 1 aliphatic carbocycles. The molecular formula is C22H24N4O2S. The van der Waals surface area contributed by atoms with Gasteiger partial charge >= 0.3 is 0 Å². The summed E-state index contributed by atoms with van der Waals surface area (Å²) < 4.78 is 0. The highest BCUT2D eigenvalue weighted by molar-refractivity contribution is 8.00. The van der Waals surface area contributed by atoms with Gasteiger partial charge in [0.25, 0.3) is 0 Å². The number of primary amides is 1. The maximum absolute atomic E-state index is 12.9. The fourth-order valence-electron chi connectivity index (χ4n) is 3.37. The van der Waals surface area contributed by atoms with Gasteiger partial charge in [-0.15, -0.1) is 0 Å². The number of carbonyl (C=O) groups is 2. The largest absolute Gasteiger partial charge is 0.370 e. The normalized spacial score (nSPS) is 12.7. The number of hydrogen-bond acceptors (Lipinski definition) is 5. The molecule has 1 aromatic heterocycles. The van der Waals surface area contributed by atoms with Crippen LogP contribution >= 0.6 is 11.8 Å². The minimum absolute atomic E-state index is 0.108. The molecule has 29 heavy (non-hydrogen) atoms. The highest BCUT2D eigenvalue weighted by Gasteiger charge is 2.19. The van der Waals surface area contributed by atoms with Crippen molar-refractivity contribution in [3.63, 3.8) is 0 Å². The number of carbonyl (C=O) groups excluding carboxylic acids is 2. The molecule has 2 N–H and O–H groups in total. The van der Waals surface area contributed by atoms with Crippen LogP contribution in [0.2, 0.25) is 0 Å². The van der Waals surface area contributed by atoms with Gasteiger partial charge in [0.05, 0.1) is 11.3 Å². The predicted molar refractivity (Wildman–Crippen MR) is 112 cm³/mol. The molecule has 7 heteroatoms. The highest BCUT2D eigenvalue weighted by Crippen LogP contribution is 2.27. The van der Waals surface area contributed by atoms with E-state index in [1.54, 1.807) is 4.90 Å². The molecule has 150 valence electrons. The third-order valence-corrected chi connectivity index (χ3v) is 5.89. The second kappa shape index (κ2) is 10.1. The highest BCUT2D eigenvalue weighted by atomic mass is 32.2. The van der Waals surface area contributed by atoms with Crippen LogP contribution in [0.3, 0.4) is 0 Å².